The Morgan fingerprint density at radius 2 is 2.00 bits per heavy atom. The summed E-state index contributed by atoms with van der Waals surface area (Å²) >= 11 is 11.8. The number of nitrogens with one attached hydrogen (secondary N) is 1. The topological polar surface area (TPSA) is 12.0 Å². The number of rotatable bonds is 0. The van der Waals surface area contributed by atoms with Crippen LogP contribution in [0.15, 0.2) is 30.3 Å². The molecule has 1 N–H and O–H groups in total. The Morgan fingerprint density at radius 1 is 1.25 bits per heavy atom. The van der Waals surface area contributed by atoms with Crippen molar-refractivity contribution in [3.8, 4) is 0 Å². The Bertz CT molecular complexity index is 333. The van der Waals surface area contributed by atoms with Crippen molar-refractivity contribution in [2.75, 3.05) is 5.32 Å². The molecule has 1 aliphatic rings. The molecular weight excluding hydrogens is 193 g/mol. The zero-order valence-electron chi connectivity index (χ0n) is 6.22. The highest BCUT2D eigenvalue weighted by molar-refractivity contribution is 6.50. The first-order valence-corrected chi connectivity index (χ1v) is 4.46. The first-order valence-electron chi connectivity index (χ1n) is 3.65. The zero-order chi connectivity index (χ0) is 8.55. The van der Waals surface area contributed by atoms with Crippen LogP contribution in [0.25, 0.3) is 5.03 Å². The molecule has 0 saturated carbocycles. The van der Waals surface area contributed by atoms with E-state index >= 15 is 0 Å². The van der Waals surface area contributed by atoms with Crippen molar-refractivity contribution in [3.05, 3.63) is 35.9 Å². The molecule has 1 aliphatic heterocycles. The molecule has 1 heterocycles. The van der Waals surface area contributed by atoms with Gasteiger partial charge in [0.25, 0.3) is 0 Å². The van der Waals surface area contributed by atoms with Crippen molar-refractivity contribution < 1.29 is 0 Å². The van der Waals surface area contributed by atoms with E-state index in [9.17, 15) is 0 Å². The summed E-state index contributed by atoms with van der Waals surface area (Å²) in [6, 6.07) is 7.82. The molecule has 0 aromatic heterocycles. The second kappa shape index (κ2) is 3.00. The molecule has 1 unspecified atom stereocenters. The van der Waals surface area contributed by atoms with Gasteiger partial charge >= 0.3 is 0 Å². The minimum atomic E-state index is -0.201. The van der Waals surface area contributed by atoms with Crippen molar-refractivity contribution in [3.63, 3.8) is 0 Å². The average molecular weight is 200 g/mol. The van der Waals surface area contributed by atoms with Crippen LogP contribution in [0.4, 0.5) is 5.69 Å². The van der Waals surface area contributed by atoms with Gasteiger partial charge in [-0.2, -0.15) is 0 Å². The Balaban J connectivity index is 2.53. The first-order chi connectivity index (χ1) is 5.77. The summed E-state index contributed by atoms with van der Waals surface area (Å²) in [6.45, 7) is 0. The lowest BCUT2D eigenvalue weighted by Gasteiger charge is -2.19. The van der Waals surface area contributed by atoms with E-state index in [1.807, 2.05) is 24.3 Å². The quantitative estimate of drug-likeness (QED) is 0.500. The zero-order valence-corrected chi connectivity index (χ0v) is 7.73. The number of halogens is 2. The fourth-order valence-electron chi connectivity index (χ4n) is 1.23. The van der Waals surface area contributed by atoms with Crippen LogP contribution in [-0.4, -0.2) is 5.50 Å². The van der Waals surface area contributed by atoms with E-state index in [2.05, 4.69) is 5.32 Å². The summed E-state index contributed by atoms with van der Waals surface area (Å²) in [4.78, 5) is 0. The Labute approximate surface area is 81.0 Å². The van der Waals surface area contributed by atoms with Gasteiger partial charge in [0.15, 0.2) is 0 Å². The number of benzene rings is 1. The molecule has 0 fully saturated rings. The molecule has 0 spiro atoms. The van der Waals surface area contributed by atoms with E-state index in [1.165, 1.54) is 0 Å². The van der Waals surface area contributed by atoms with E-state index < -0.39 is 0 Å². The average Bonchev–Trinajstić information content (AvgIpc) is 2.04. The van der Waals surface area contributed by atoms with Crippen molar-refractivity contribution in [1.82, 2.24) is 0 Å². The van der Waals surface area contributed by atoms with Crippen LogP contribution < -0.4 is 5.32 Å². The van der Waals surface area contributed by atoms with E-state index in [0.29, 0.717) is 5.03 Å². The van der Waals surface area contributed by atoms with E-state index in [4.69, 9.17) is 23.2 Å². The van der Waals surface area contributed by atoms with Gasteiger partial charge in [-0.25, -0.2) is 0 Å². The van der Waals surface area contributed by atoms with Crippen LogP contribution in [0.1, 0.15) is 5.56 Å². The largest absolute Gasteiger partial charge is 0.365 e. The molecule has 62 valence electrons. The lowest BCUT2D eigenvalue weighted by Crippen LogP contribution is -2.14. The maximum atomic E-state index is 5.98. The Hall–Kier alpha value is -0.660. The van der Waals surface area contributed by atoms with Crippen LogP contribution in [0, 0.1) is 0 Å². The third-order valence-corrected chi connectivity index (χ3v) is 2.34. The molecule has 3 heteroatoms. The summed E-state index contributed by atoms with van der Waals surface area (Å²) in [7, 11) is 0. The Morgan fingerprint density at radius 3 is 2.83 bits per heavy atom. The molecule has 0 bridgehead atoms. The molecule has 0 saturated heterocycles. The highest BCUT2D eigenvalue weighted by atomic mass is 35.5. The SMILES string of the molecule is ClC1=CC(Cl)Nc2ccccc21. The predicted octanol–water partition coefficient (Wildman–Crippen LogP) is 3.26. The van der Waals surface area contributed by atoms with E-state index in [1.54, 1.807) is 6.08 Å². The number of para-hydroxylation sites is 1. The smallest absolute Gasteiger partial charge is 0.122 e. The maximum Gasteiger partial charge on any atom is 0.122 e. The summed E-state index contributed by atoms with van der Waals surface area (Å²) in [5.41, 5.74) is 1.80. The van der Waals surface area contributed by atoms with Crippen LogP contribution >= 0.6 is 23.2 Å². The second-order valence-electron chi connectivity index (χ2n) is 2.61. The molecule has 12 heavy (non-hydrogen) atoms. The highest BCUT2D eigenvalue weighted by Crippen LogP contribution is 2.32. The molecule has 1 nitrogen and oxygen atoms in total. The van der Waals surface area contributed by atoms with Gasteiger partial charge in [-0.1, -0.05) is 41.4 Å². The lowest BCUT2D eigenvalue weighted by atomic mass is 10.1. The van der Waals surface area contributed by atoms with Gasteiger partial charge in [-0.15, -0.1) is 0 Å². The molecule has 1 aromatic rings. The lowest BCUT2D eigenvalue weighted by molar-refractivity contribution is 1.21. The number of hydrogen-bond acceptors (Lipinski definition) is 1. The molecule has 0 aliphatic carbocycles. The predicted molar refractivity (Wildman–Crippen MR) is 53.5 cm³/mol. The third kappa shape index (κ3) is 1.30. The highest BCUT2D eigenvalue weighted by Gasteiger charge is 2.14. The second-order valence-corrected chi connectivity index (χ2v) is 3.48. The van der Waals surface area contributed by atoms with Crippen molar-refractivity contribution in [2.45, 2.75) is 5.50 Å². The molecule has 1 atom stereocenters. The van der Waals surface area contributed by atoms with Crippen LogP contribution in [0.2, 0.25) is 0 Å². The third-order valence-electron chi connectivity index (χ3n) is 1.77. The molecular formula is C9H7Cl2N. The monoisotopic (exact) mass is 199 g/mol. The number of alkyl halides is 1. The fourth-order valence-corrected chi connectivity index (χ4v) is 1.82. The first kappa shape index (κ1) is 7.96. The minimum Gasteiger partial charge on any atom is -0.365 e. The van der Waals surface area contributed by atoms with Crippen molar-refractivity contribution in [1.29, 1.82) is 0 Å². The summed E-state index contributed by atoms with van der Waals surface area (Å²) in [5.74, 6) is 0. The number of anilines is 1. The van der Waals surface area contributed by atoms with E-state index in [-0.39, 0.29) is 5.50 Å². The normalized spacial score (nSPS) is 20.8. The summed E-state index contributed by atoms with van der Waals surface area (Å²) in [6.07, 6.45) is 1.78. The Kier molecular flexibility index (Phi) is 1.99. The van der Waals surface area contributed by atoms with Crippen molar-refractivity contribution >= 4 is 33.9 Å². The minimum absolute atomic E-state index is 0.201. The molecule has 0 radical (unpaired) electrons. The van der Waals surface area contributed by atoms with Crippen molar-refractivity contribution in [2.24, 2.45) is 0 Å². The van der Waals surface area contributed by atoms with Crippen LogP contribution in [-0.2, 0) is 0 Å². The van der Waals surface area contributed by atoms with Gasteiger partial charge in [0.05, 0.1) is 0 Å². The number of hydrogen-bond donors (Lipinski definition) is 1. The molecule has 1 aromatic carbocycles. The summed E-state index contributed by atoms with van der Waals surface area (Å²) in [5, 5.41) is 3.81. The van der Waals surface area contributed by atoms with Gasteiger partial charge < -0.3 is 5.32 Å². The van der Waals surface area contributed by atoms with Gasteiger partial charge in [-0.05, 0) is 12.1 Å². The maximum absolute atomic E-state index is 5.98. The van der Waals surface area contributed by atoms with Gasteiger partial charge in [0, 0.05) is 16.3 Å². The number of fused-ring (bicyclic) bond motifs is 1. The van der Waals surface area contributed by atoms with Gasteiger partial charge in [-0.3, -0.25) is 0 Å². The molecule has 0 amide bonds. The fraction of sp³-hybridized carbons (Fsp3) is 0.111. The summed E-state index contributed by atoms with van der Waals surface area (Å²) < 4.78 is 0. The van der Waals surface area contributed by atoms with E-state index in [0.717, 1.165) is 11.3 Å². The standard InChI is InChI=1S/C9H7Cl2N/c10-7-5-9(11)12-8-4-2-1-3-6(7)8/h1-5,9,12H. The van der Waals surface area contributed by atoms with Gasteiger partial charge in [0.1, 0.15) is 5.50 Å². The van der Waals surface area contributed by atoms with Gasteiger partial charge in [0.2, 0.25) is 0 Å². The molecule has 2 rings (SSSR count). The van der Waals surface area contributed by atoms with Crippen LogP contribution in [0.5, 0.6) is 0 Å². The van der Waals surface area contributed by atoms with Crippen LogP contribution in [0.3, 0.4) is 0 Å².